The van der Waals surface area contributed by atoms with Crippen LogP contribution in [0.2, 0.25) is 15.1 Å². The van der Waals surface area contributed by atoms with Gasteiger partial charge in [0.15, 0.2) is 11.5 Å². The fourth-order valence-electron chi connectivity index (χ4n) is 3.28. The van der Waals surface area contributed by atoms with E-state index >= 15 is 0 Å². The fourth-order valence-corrected chi connectivity index (χ4v) is 4.08. The Morgan fingerprint density at radius 1 is 1.16 bits per heavy atom. The first-order valence-electron chi connectivity index (χ1n) is 9.47. The van der Waals surface area contributed by atoms with Crippen LogP contribution in [0.15, 0.2) is 41.2 Å². The Balaban J connectivity index is 2.21. The number of ether oxygens (including phenoxy) is 1. The van der Waals surface area contributed by atoms with E-state index in [0.29, 0.717) is 17.2 Å². The van der Waals surface area contributed by atoms with Gasteiger partial charge >= 0.3 is 0 Å². The summed E-state index contributed by atoms with van der Waals surface area (Å²) in [6.07, 6.45) is 0. The number of rotatable bonds is 6. The number of carbonyl (C=O) groups excluding carboxylic acids is 1. The van der Waals surface area contributed by atoms with Crippen molar-refractivity contribution in [1.82, 2.24) is 4.57 Å². The van der Waals surface area contributed by atoms with E-state index in [1.165, 1.54) is 19.1 Å². The van der Waals surface area contributed by atoms with Gasteiger partial charge < -0.3 is 9.84 Å². The summed E-state index contributed by atoms with van der Waals surface area (Å²) in [6, 6.07) is 11.3. The minimum Gasteiger partial charge on any atom is -0.494 e. The first-order chi connectivity index (χ1) is 15.2. The van der Waals surface area contributed by atoms with Crippen molar-refractivity contribution in [3.05, 3.63) is 89.6 Å². The first kappa shape index (κ1) is 23.7. The number of aromatic hydroxyl groups is 1. The summed E-state index contributed by atoms with van der Waals surface area (Å²) in [5.41, 5.74) is -0.553. The van der Waals surface area contributed by atoms with Crippen molar-refractivity contribution in [3.8, 4) is 17.7 Å². The van der Waals surface area contributed by atoms with Crippen LogP contribution in [0.5, 0.6) is 11.6 Å². The van der Waals surface area contributed by atoms with E-state index in [1.807, 2.05) is 6.07 Å². The SMILES string of the molecule is CCOc1c(Cl)cc(C(=O)c2c(C)c(C#N)c(=O)n(Cc3ccccc3Cl)c2O)cc1Cl. The summed E-state index contributed by atoms with van der Waals surface area (Å²) in [7, 11) is 0. The molecule has 0 atom stereocenters. The third-order valence-corrected chi connectivity index (χ3v) is 5.79. The lowest BCUT2D eigenvalue weighted by Crippen LogP contribution is -2.27. The molecule has 1 N–H and O–H groups in total. The molecule has 0 saturated heterocycles. The van der Waals surface area contributed by atoms with Crippen LogP contribution >= 0.6 is 34.8 Å². The minimum atomic E-state index is -0.735. The Labute approximate surface area is 199 Å². The van der Waals surface area contributed by atoms with Crippen molar-refractivity contribution in [1.29, 1.82) is 5.26 Å². The first-order valence-corrected chi connectivity index (χ1v) is 10.6. The number of benzene rings is 2. The molecule has 0 aliphatic heterocycles. The van der Waals surface area contributed by atoms with Gasteiger partial charge in [0.25, 0.3) is 5.56 Å². The van der Waals surface area contributed by atoms with Crippen LogP contribution in [0.3, 0.4) is 0 Å². The van der Waals surface area contributed by atoms with E-state index in [2.05, 4.69) is 0 Å². The molecule has 2 aromatic carbocycles. The molecule has 3 aromatic rings. The topological polar surface area (TPSA) is 92.3 Å². The van der Waals surface area contributed by atoms with E-state index in [-0.39, 0.29) is 44.6 Å². The lowest BCUT2D eigenvalue weighted by atomic mass is 9.97. The lowest BCUT2D eigenvalue weighted by Gasteiger charge is -2.17. The molecule has 0 fully saturated rings. The average Bonchev–Trinajstić information content (AvgIpc) is 2.75. The molecule has 164 valence electrons. The largest absolute Gasteiger partial charge is 0.494 e. The Morgan fingerprint density at radius 3 is 2.34 bits per heavy atom. The molecule has 1 aromatic heterocycles. The number of carbonyl (C=O) groups is 1. The molecule has 0 spiro atoms. The van der Waals surface area contributed by atoms with Crippen molar-refractivity contribution < 1.29 is 14.6 Å². The maximum absolute atomic E-state index is 13.3. The number of nitrogens with zero attached hydrogens (tertiary/aromatic N) is 2. The van der Waals surface area contributed by atoms with Crippen LogP contribution in [0.4, 0.5) is 0 Å². The number of nitriles is 1. The maximum atomic E-state index is 13.3. The molecular formula is C23H17Cl3N2O4. The van der Waals surface area contributed by atoms with E-state index in [9.17, 15) is 20.0 Å². The average molecular weight is 492 g/mol. The van der Waals surface area contributed by atoms with Gasteiger partial charge in [-0.25, -0.2) is 0 Å². The summed E-state index contributed by atoms with van der Waals surface area (Å²) in [6.45, 7) is 3.37. The molecule has 0 aliphatic carbocycles. The molecule has 1 heterocycles. The second kappa shape index (κ2) is 9.66. The van der Waals surface area contributed by atoms with Crippen molar-refractivity contribution in [2.24, 2.45) is 0 Å². The summed E-state index contributed by atoms with van der Waals surface area (Å²) in [5.74, 6) is -1.01. The Morgan fingerprint density at radius 2 is 1.78 bits per heavy atom. The van der Waals surface area contributed by atoms with Crippen molar-refractivity contribution >= 4 is 40.6 Å². The van der Waals surface area contributed by atoms with Gasteiger partial charge in [-0.15, -0.1) is 0 Å². The van der Waals surface area contributed by atoms with Crippen LogP contribution in [0, 0.1) is 18.3 Å². The summed E-state index contributed by atoms with van der Waals surface area (Å²) in [4.78, 5) is 26.2. The molecule has 0 bridgehead atoms. The summed E-state index contributed by atoms with van der Waals surface area (Å²) in [5, 5.41) is 21.1. The lowest BCUT2D eigenvalue weighted by molar-refractivity contribution is 0.103. The number of halogens is 3. The predicted molar refractivity (Wildman–Crippen MR) is 123 cm³/mol. The minimum absolute atomic E-state index is 0.0524. The molecule has 0 aliphatic rings. The predicted octanol–water partition coefficient (Wildman–Crippen LogP) is 5.37. The third-order valence-electron chi connectivity index (χ3n) is 4.86. The molecule has 0 unspecified atom stereocenters. The van der Waals surface area contributed by atoms with E-state index in [0.717, 1.165) is 4.57 Å². The quantitative estimate of drug-likeness (QED) is 0.468. The molecule has 32 heavy (non-hydrogen) atoms. The van der Waals surface area contributed by atoms with Crippen LogP contribution in [0.1, 0.15) is 39.5 Å². The second-order valence-corrected chi connectivity index (χ2v) is 8.05. The standard InChI is InChI=1S/C23H17Cl3N2O4/c1-3-32-21-17(25)8-14(9-18(21)26)20(29)19-12(2)15(10-27)22(30)28(23(19)31)11-13-6-4-5-7-16(13)24/h4-9,31H,3,11H2,1-2H3. The fraction of sp³-hybridized carbons (Fsp3) is 0.174. The van der Waals surface area contributed by atoms with Gasteiger partial charge in [0.1, 0.15) is 11.6 Å². The smallest absolute Gasteiger partial charge is 0.271 e. The van der Waals surface area contributed by atoms with E-state index < -0.39 is 17.2 Å². The Hall–Kier alpha value is -2.98. The van der Waals surface area contributed by atoms with Crippen LogP contribution in [-0.4, -0.2) is 22.1 Å². The molecule has 0 radical (unpaired) electrons. The highest BCUT2D eigenvalue weighted by molar-refractivity contribution is 6.38. The zero-order valence-electron chi connectivity index (χ0n) is 17.1. The molecule has 6 nitrogen and oxygen atoms in total. The summed E-state index contributed by atoms with van der Waals surface area (Å²) >= 11 is 18.6. The third kappa shape index (κ3) is 4.33. The monoisotopic (exact) mass is 490 g/mol. The van der Waals surface area contributed by atoms with Crippen LogP contribution in [-0.2, 0) is 6.54 Å². The normalized spacial score (nSPS) is 10.6. The number of aromatic nitrogens is 1. The van der Waals surface area contributed by atoms with Gasteiger partial charge in [0.05, 0.1) is 28.8 Å². The van der Waals surface area contributed by atoms with Crippen LogP contribution in [0.25, 0.3) is 0 Å². The van der Waals surface area contributed by atoms with Gasteiger partial charge in [-0.05, 0) is 43.2 Å². The van der Waals surface area contributed by atoms with Crippen LogP contribution < -0.4 is 10.3 Å². The van der Waals surface area contributed by atoms with Gasteiger partial charge in [-0.2, -0.15) is 5.26 Å². The highest BCUT2D eigenvalue weighted by atomic mass is 35.5. The zero-order chi connectivity index (χ0) is 23.6. The van der Waals surface area contributed by atoms with Gasteiger partial charge in [0.2, 0.25) is 5.88 Å². The van der Waals surface area contributed by atoms with E-state index in [4.69, 9.17) is 39.5 Å². The second-order valence-electron chi connectivity index (χ2n) is 6.82. The van der Waals surface area contributed by atoms with E-state index in [1.54, 1.807) is 31.2 Å². The van der Waals surface area contributed by atoms with Crippen molar-refractivity contribution in [2.45, 2.75) is 20.4 Å². The highest BCUT2D eigenvalue weighted by Crippen LogP contribution is 2.36. The summed E-state index contributed by atoms with van der Waals surface area (Å²) < 4.78 is 6.32. The van der Waals surface area contributed by atoms with Gasteiger partial charge in [-0.1, -0.05) is 53.0 Å². The highest BCUT2D eigenvalue weighted by Gasteiger charge is 2.26. The number of pyridine rings is 1. The van der Waals surface area contributed by atoms with Crippen molar-refractivity contribution in [3.63, 3.8) is 0 Å². The number of hydrogen-bond donors (Lipinski definition) is 1. The molecule has 0 amide bonds. The zero-order valence-corrected chi connectivity index (χ0v) is 19.3. The Kier molecular flexibility index (Phi) is 7.15. The molecule has 9 heteroatoms. The van der Waals surface area contributed by atoms with Gasteiger partial charge in [-0.3, -0.25) is 14.2 Å². The maximum Gasteiger partial charge on any atom is 0.271 e. The van der Waals surface area contributed by atoms with Crippen molar-refractivity contribution in [2.75, 3.05) is 6.61 Å². The Bertz CT molecular complexity index is 1300. The van der Waals surface area contributed by atoms with Gasteiger partial charge in [0, 0.05) is 10.6 Å². The number of ketones is 1. The number of hydrogen-bond acceptors (Lipinski definition) is 5. The molecular weight excluding hydrogens is 475 g/mol. The molecule has 3 rings (SSSR count). The molecule has 0 saturated carbocycles.